The molecule has 8 heteroatoms. The largest absolute Gasteiger partial charge is 0.460 e. The van der Waals surface area contributed by atoms with Gasteiger partial charge in [0.2, 0.25) is 5.91 Å². The summed E-state index contributed by atoms with van der Waals surface area (Å²) in [6.45, 7) is 7.39. The molecule has 1 aliphatic carbocycles. The first kappa shape index (κ1) is 22.9. The van der Waals surface area contributed by atoms with Crippen molar-refractivity contribution in [2.75, 3.05) is 0 Å². The molecule has 2 aromatic heterocycles. The van der Waals surface area contributed by atoms with Crippen LogP contribution < -0.4 is 10.9 Å². The summed E-state index contributed by atoms with van der Waals surface area (Å²) < 4.78 is 22.1. The van der Waals surface area contributed by atoms with E-state index in [1.807, 2.05) is 19.9 Å². The van der Waals surface area contributed by atoms with Crippen molar-refractivity contribution < 1.29 is 18.7 Å². The monoisotopic (exact) mass is 489 g/mol. The van der Waals surface area contributed by atoms with E-state index in [0.717, 1.165) is 22.1 Å². The van der Waals surface area contributed by atoms with E-state index in [0.29, 0.717) is 65.8 Å². The van der Waals surface area contributed by atoms with Gasteiger partial charge in [0.05, 0.1) is 40.5 Å². The van der Waals surface area contributed by atoms with Crippen molar-refractivity contribution in [3.63, 3.8) is 0 Å². The number of benzene rings is 1. The van der Waals surface area contributed by atoms with Crippen LogP contribution in [0.25, 0.3) is 22.3 Å². The van der Waals surface area contributed by atoms with Crippen molar-refractivity contribution in [3.05, 3.63) is 61.7 Å². The Hall–Kier alpha value is -3.55. The Balaban J connectivity index is 1.68. The molecule has 4 heterocycles. The summed E-state index contributed by atoms with van der Waals surface area (Å²) in [5.41, 5.74) is 5.20. The lowest BCUT2D eigenvalue weighted by Crippen LogP contribution is -2.44. The molecule has 186 valence electrons. The van der Waals surface area contributed by atoms with E-state index in [2.05, 4.69) is 5.32 Å². The van der Waals surface area contributed by atoms with E-state index >= 15 is 0 Å². The summed E-state index contributed by atoms with van der Waals surface area (Å²) >= 11 is 0. The van der Waals surface area contributed by atoms with Gasteiger partial charge in [-0.2, -0.15) is 0 Å². The quantitative estimate of drug-likeness (QED) is 0.438. The zero-order chi connectivity index (χ0) is 25.5. The number of aromatic nitrogens is 2. The van der Waals surface area contributed by atoms with Gasteiger partial charge >= 0.3 is 5.97 Å². The second kappa shape index (κ2) is 7.72. The number of fused-ring (bicyclic) bond motifs is 5. The highest BCUT2D eigenvalue weighted by Gasteiger charge is 2.46. The second-order valence-corrected chi connectivity index (χ2v) is 10.2. The maximum absolute atomic E-state index is 14.9. The van der Waals surface area contributed by atoms with Gasteiger partial charge in [-0.3, -0.25) is 14.4 Å². The highest BCUT2D eigenvalue weighted by Crippen LogP contribution is 2.46. The smallest absolute Gasteiger partial charge is 0.316 e. The molecular weight excluding hydrogens is 461 g/mol. The van der Waals surface area contributed by atoms with E-state index < -0.39 is 5.41 Å². The molecule has 6 rings (SSSR count). The number of hydrogen-bond donors (Lipinski definition) is 1. The molecule has 1 atom stereocenters. The Labute approximate surface area is 207 Å². The topological polar surface area (TPSA) is 90.3 Å². The summed E-state index contributed by atoms with van der Waals surface area (Å²) in [4.78, 5) is 43.6. The Morgan fingerprint density at radius 1 is 1.22 bits per heavy atom. The van der Waals surface area contributed by atoms with Gasteiger partial charge in [0.1, 0.15) is 12.4 Å². The number of nitrogens with one attached hydrogen (secondary N) is 1. The number of cyclic esters (lactones) is 1. The molecule has 0 radical (unpaired) electrons. The van der Waals surface area contributed by atoms with Gasteiger partial charge in [0.25, 0.3) is 5.56 Å². The van der Waals surface area contributed by atoms with Crippen molar-refractivity contribution in [2.24, 2.45) is 0 Å². The van der Waals surface area contributed by atoms with Crippen molar-refractivity contribution in [1.82, 2.24) is 14.9 Å². The highest BCUT2D eigenvalue weighted by molar-refractivity contribution is 5.94. The van der Waals surface area contributed by atoms with Crippen LogP contribution in [0.4, 0.5) is 4.39 Å². The van der Waals surface area contributed by atoms with Crippen molar-refractivity contribution >= 4 is 22.8 Å². The standard InChI is InChI=1S/C28H28FN3O4/c1-5-28(6-2)18-9-22-25-16(11-32(22)26(34)17(18)12-36-27(28)35)24-20(30-14(4)33)8-7-15-13(3)19(29)10-21(31-25)23(15)24/h9-10,20H,5-8,11-12H2,1-4H3,(H,30,33)/t20-/m0/s1. The molecule has 2 aliphatic heterocycles. The number of rotatable bonds is 3. The lowest BCUT2D eigenvalue weighted by atomic mass is 9.73. The molecule has 3 aromatic rings. The van der Waals surface area contributed by atoms with Crippen molar-refractivity contribution in [3.8, 4) is 11.4 Å². The number of carbonyl (C=O) groups is 2. The summed E-state index contributed by atoms with van der Waals surface area (Å²) in [5.74, 6) is -0.763. The molecule has 0 spiro atoms. The predicted octanol–water partition coefficient (Wildman–Crippen LogP) is 4.11. The summed E-state index contributed by atoms with van der Waals surface area (Å²) in [5, 5.41) is 3.94. The average Bonchev–Trinajstić information content (AvgIpc) is 3.22. The van der Waals surface area contributed by atoms with Crippen LogP contribution in [-0.2, 0) is 39.3 Å². The molecule has 3 aliphatic rings. The number of ether oxygens (including phenoxy) is 1. The molecule has 36 heavy (non-hydrogen) atoms. The molecule has 1 aromatic carbocycles. The van der Waals surface area contributed by atoms with Gasteiger partial charge in [-0.15, -0.1) is 0 Å². The highest BCUT2D eigenvalue weighted by atomic mass is 19.1. The summed E-state index contributed by atoms with van der Waals surface area (Å²) in [7, 11) is 0. The lowest BCUT2D eigenvalue weighted by Gasteiger charge is -2.35. The number of halogens is 1. The number of nitrogens with zero attached hydrogens (tertiary/aromatic N) is 2. The Morgan fingerprint density at radius 3 is 2.67 bits per heavy atom. The summed E-state index contributed by atoms with van der Waals surface area (Å²) in [6.07, 6.45) is 2.30. The van der Waals surface area contributed by atoms with E-state index in [4.69, 9.17) is 9.72 Å². The van der Waals surface area contributed by atoms with Crippen LogP contribution >= 0.6 is 0 Å². The van der Waals surface area contributed by atoms with Gasteiger partial charge in [0, 0.05) is 23.9 Å². The number of esters is 1. The fourth-order valence-electron chi connectivity index (χ4n) is 6.61. The molecule has 7 nitrogen and oxygen atoms in total. The third kappa shape index (κ3) is 2.84. The van der Waals surface area contributed by atoms with Crippen LogP contribution in [0.2, 0.25) is 0 Å². The Bertz CT molecular complexity index is 1570. The zero-order valence-corrected chi connectivity index (χ0v) is 20.9. The van der Waals surface area contributed by atoms with Gasteiger partial charge in [-0.25, -0.2) is 9.37 Å². The van der Waals surface area contributed by atoms with E-state index in [1.54, 1.807) is 11.5 Å². The molecule has 1 N–H and O–H groups in total. The maximum atomic E-state index is 14.9. The van der Waals surface area contributed by atoms with Crippen LogP contribution in [0.3, 0.4) is 0 Å². The van der Waals surface area contributed by atoms with Crippen LogP contribution in [-0.4, -0.2) is 21.4 Å². The first-order chi connectivity index (χ1) is 17.2. The predicted molar refractivity (Wildman–Crippen MR) is 132 cm³/mol. The normalized spacial score (nSPS) is 18.9. The first-order valence-electron chi connectivity index (χ1n) is 12.6. The number of pyridine rings is 2. The molecule has 0 unspecified atom stereocenters. The minimum absolute atomic E-state index is 0.0449. The zero-order valence-electron chi connectivity index (χ0n) is 20.9. The van der Waals surface area contributed by atoms with E-state index in [1.165, 1.54) is 13.0 Å². The van der Waals surface area contributed by atoms with Gasteiger partial charge < -0.3 is 14.6 Å². The first-order valence-corrected chi connectivity index (χ1v) is 12.6. The average molecular weight is 490 g/mol. The molecule has 1 amide bonds. The molecular formula is C28H28FN3O4. The molecule has 0 fully saturated rings. The lowest BCUT2D eigenvalue weighted by molar-refractivity contribution is -0.154. The van der Waals surface area contributed by atoms with E-state index in [-0.39, 0.29) is 35.9 Å². The number of hydrogen-bond acceptors (Lipinski definition) is 5. The van der Waals surface area contributed by atoms with Crippen molar-refractivity contribution in [1.29, 1.82) is 0 Å². The minimum atomic E-state index is -0.884. The minimum Gasteiger partial charge on any atom is -0.460 e. The molecule has 0 saturated heterocycles. The fourth-order valence-corrected chi connectivity index (χ4v) is 6.61. The number of carbonyl (C=O) groups excluding carboxylic acids is 2. The third-order valence-corrected chi connectivity index (χ3v) is 8.57. The Morgan fingerprint density at radius 2 is 1.97 bits per heavy atom. The fraction of sp³-hybridized carbons (Fsp3) is 0.429. The second-order valence-electron chi connectivity index (χ2n) is 10.2. The summed E-state index contributed by atoms with van der Waals surface area (Å²) in [6, 6.07) is 3.12. The Kier molecular flexibility index (Phi) is 4.91. The van der Waals surface area contributed by atoms with Crippen LogP contribution in [0, 0.1) is 12.7 Å². The maximum Gasteiger partial charge on any atom is 0.316 e. The van der Waals surface area contributed by atoms with Gasteiger partial charge in [-0.05, 0) is 60.9 Å². The SMILES string of the molecule is CCC1(CC)C(=O)OCc2c1cc1n(c2=O)Cc2c-1nc1cc(F)c(C)c3c1c2[C@@H](NC(C)=O)CC3. The van der Waals surface area contributed by atoms with Gasteiger partial charge in [-0.1, -0.05) is 13.8 Å². The number of amides is 1. The van der Waals surface area contributed by atoms with Gasteiger partial charge in [0.15, 0.2) is 0 Å². The molecule has 0 bridgehead atoms. The van der Waals surface area contributed by atoms with Crippen LogP contribution in [0.15, 0.2) is 16.9 Å². The van der Waals surface area contributed by atoms with Crippen molar-refractivity contribution in [2.45, 2.75) is 78.0 Å². The number of aryl methyl sites for hydroxylation is 1. The van der Waals surface area contributed by atoms with E-state index in [9.17, 15) is 18.8 Å². The van der Waals surface area contributed by atoms with Crippen LogP contribution in [0.5, 0.6) is 0 Å². The van der Waals surface area contributed by atoms with Crippen LogP contribution in [0.1, 0.15) is 79.5 Å². The third-order valence-electron chi connectivity index (χ3n) is 8.57. The molecule has 0 saturated carbocycles.